The lowest BCUT2D eigenvalue weighted by Crippen LogP contribution is -2.70. The number of ether oxygens (including phenoxy) is 9. The number of aliphatic hydroxyl groups excluding tert-OH is 1. The van der Waals surface area contributed by atoms with E-state index in [4.69, 9.17) is 42.6 Å². The summed E-state index contributed by atoms with van der Waals surface area (Å²) in [5, 5.41) is 24.1. The maximum Gasteiger partial charge on any atom is 0.518 e. The molecule has 3 aromatic carbocycles. The molecule has 3 aromatic rings. The van der Waals surface area contributed by atoms with Gasteiger partial charge in [0.15, 0.2) is 40.0 Å². The molecule has 7 aliphatic rings. The quantitative estimate of drug-likeness (QED) is 0.105. The second-order valence-electron chi connectivity index (χ2n) is 16.3. The van der Waals surface area contributed by atoms with Crippen LogP contribution in [0.3, 0.4) is 0 Å². The summed E-state index contributed by atoms with van der Waals surface area (Å²) in [5.41, 5.74) is 2.54. The summed E-state index contributed by atoms with van der Waals surface area (Å²) in [6.07, 6.45) is -0.696. The number of aliphatic hydroxyl groups is 1. The molecule has 1 unspecified atom stereocenters. The third kappa shape index (κ3) is 6.26. The number of piperazine rings is 1. The number of aromatic hydroxyl groups is 1. The molecule has 0 aromatic heterocycles. The van der Waals surface area contributed by atoms with Crippen molar-refractivity contribution < 1.29 is 72.0 Å². The van der Waals surface area contributed by atoms with Crippen LogP contribution in [0.2, 0.25) is 0 Å². The van der Waals surface area contributed by atoms with Crippen molar-refractivity contribution in [1.29, 1.82) is 0 Å². The minimum Gasteiger partial charge on any atom is -0.504 e. The van der Waals surface area contributed by atoms with E-state index in [2.05, 4.69) is 13.2 Å². The second kappa shape index (κ2) is 16.1. The van der Waals surface area contributed by atoms with Gasteiger partial charge in [0.05, 0.1) is 50.1 Å². The predicted octanol–water partition coefficient (Wildman–Crippen LogP) is 5.36. The van der Waals surface area contributed by atoms with Gasteiger partial charge in [-0.3, -0.25) is 19.5 Å². The Morgan fingerprint density at radius 3 is 2.39 bits per heavy atom. The summed E-state index contributed by atoms with van der Waals surface area (Å²) in [5.74, 6) is -0.470. The number of phenols is 1. The van der Waals surface area contributed by atoms with E-state index in [1.807, 2.05) is 29.8 Å². The first kappa shape index (κ1) is 43.1. The molecule has 2 fully saturated rings. The standard InChI is InChI=1S/C45H47N3O15S/c1-9-57-43(53)47-12-11-23-15-29(63-44(54)58-10-2)28(55-7)16-25(23)45(47)18-64-40-32-31(39-38(60-19-61-39)21(4)37(32)62-22(5)49)27(17-59-42(45)52)48-34(40)33-30-24(14-26(41(48)51)46(33)6)13-20(3)36(56-8)35(30)50/h9-10,13,15-16,26-27,33-34,40-41,50-51H,1-2,11-12,14,17-19H2,3-8H3/t26-,27-,33+,34?,40-,41+,45-/m1/s1. The van der Waals surface area contributed by atoms with E-state index in [0.29, 0.717) is 57.1 Å². The van der Waals surface area contributed by atoms with Crippen LogP contribution < -0.4 is 28.4 Å². The number of esters is 2. The van der Waals surface area contributed by atoms with Crippen LogP contribution in [0.25, 0.3) is 0 Å². The molecular formula is C45H47N3O15S. The number of amides is 1. The first-order valence-corrected chi connectivity index (χ1v) is 21.6. The number of carbonyl (C=O) groups is 4. The fourth-order valence-corrected chi connectivity index (χ4v) is 12.5. The van der Waals surface area contributed by atoms with Gasteiger partial charge in [-0.15, -0.1) is 11.8 Å². The zero-order valence-corrected chi connectivity index (χ0v) is 36.8. The van der Waals surface area contributed by atoms with Crippen molar-refractivity contribution in [3.63, 3.8) is 0 Å². The van der Waals surface area contributed by atoms with Crippen LogP contribution in [-0.2, 0) is 42.2 Å². The molecule has 19 heteroatoms. The van der Waals surface area contributed by atoms with Gasteiger partial charge in [0.25, 0.3) is 0 Å². The molecule has 0 aliphatic carbocycles. The lowest BCUT2D eigenvalue weighted by Gasteiger charge is -2.62. The minimum absolute atomic E-state index is 0.0114. The number of rotatable bonds is 6. The molecule has 7 aliphatic heterocycles. The van der Waals surface area contributed by atoms with E-state index in [1.165, 1.54) is 43.9 Å². The number of hydrogen-bond donors (Lipinski definition) is 2. The molecule has 7 atom stereocenters. The molecular weight excluding hydrogens is 855 g/mol. The molecule has 7 heterocycles. The zero-order chi connectivity index (χ0) is 45.5. The number of thioether (sulfide) groups is 1. The van der Waals surface area contributed by atoms with Crippen LogP contribution in [0.4, 0.5) is 9.59 Å². The van der Waals surface area contributed by atoms with Crippen molar-refractivity contribution in [2.24, 2.45) is 0 Å². The van der Waals surface area contributed by atoms with Crippen LogP contribution in [0.5, 0.6) is 40.2 Å². The van der Waals surface area contributed by atoms with E-state index in [-0.39, 0.29) is 48.5 Å². The van der Waals surface area contributed by atoms with E-state index >= 15 is 4.79 Å². The number of methoxy groups -OCH3 is 2. The average Bonchev–Trinajstić information content (AvgIpc) is 3.75. The van der Waals surface area contributed by atoms with Gasteiger partial charge in [0.2, 0.25) is 6.79 Å². The molecule has 0 radical (unpaired) electrons. The highest BCUT2D eigenvalue weighted by Gasteiger charge is 2.63. The SMILES string of the molecule is C=COC(=O)Oc1cc2c(cc1OC)[C@@]1(CS[C@@H]3c4c(OC(C)=O)c(C)c5c(c4[C@@H](COC1=O)N1C3[C@@H]3c4c(cc(C)c(OC)c4O)C[C@H]([C@@H]1O)N3C)OCO5)N(C(=O)OC=C)CC2. The van der Waals surface area contributed by atoms with E-state index in [9.17, 15) is 24.6 Å². The number of carbonyl (C=O) groups excluding carboxylic acids is 4. The van der Waals surface area contributed by atoms with Gasteiger partial charge in [-0.1, -0.05) is 19.2 Å². The summed E-state index contributed by atoms with van der Waals surface area (Å²) < 4.78 is 52.0. The van der Waals surface area contributed by atoms with Crippen molar-refractivity contribution >= 4 is 35.9 Å². The van der Waals surface area contributed by atoms with Crippen molar-refractivity contribution in [1.82, 2.24) is 14.7 Å². The Morgan fingerprint density at radius 2 is 1.69 bits per heavy atom. The molecule has 10 rings (SSSR count). The summed E-state index contributed by atoms with van der Waals surface area (Å²) in [4.78, 5) is 60.4. The van der Waals surface area contributed by atoms with Gasteiger partial charge in [-0.2, -0.15) is 0 Å². The number of benzene rings is 3. The Bertz CT molecular complexity index is 2530. The second-order valence-corrected chi connectivity index (χ2v) is 17.4. The normalized spacial score (nSPS) is 26.3. The number of aryl methyl sites for hydroxylation is 1. The molecule has 1 amide bonds. The van der Waals surface area contributed by atoms with E-state index in [1.54, 1.807) is 13.0 Å². The van der Waals surface area contributed by atoms with Crippen LogP contribution in [0, 0.1) is 13.8 Å². The summed E-state index contributed by atoms with van der Waals surface area (Å²) in [6, 6.07) is 2.17. The summed E-state index contributed by atoms with van der Waals surface area (Å²) >= 11 is 1.26. The maximum absolute atomic E-state index is 15.4. The average molecular weight is 902 g/mol. The smallest absolute Gasteiger partial charge is 0.504 e. The molecule has 2 N–H and O–H groups in total. The van der Waals surface area contributed by atoms with Crippen molar-refractivity contribution in [3.8, 4) is 40.2 Å². The Kier molecular flexibility index (Phi) is 10.9. The van der Waals surface area contributed by atoms with Crippen molar-refractivity contribution in [2.45, 2.75) is 74.8 Å². The Hall–Kier alpha value is -6.15. The molecule has 0 saturated carbocycles. The van der Waals surface area contributed by atoms with Gasteiger partial charge in [-0.25, -0.2) is 14.4 Å². The lowest BCUT2D eigenvalue weighted by molar-refractivity contribution is -0.188. The molecule has 338 valence electrons. The minimum atomic E-state index is -1.95. The number of hydrogen-bond acceptors (Lipinski definition) is 18. The number of nitrogens with zero attached hydrogens (tertiary/aromatic N) is 3. The molecule has 18 nitrogen and oxygen atoms in total. The fourth-order valence-electron chi connectivity index (χ4n) is 10.7. The van der Waals surface area contributed by atoms with Crippen LogP contribution in [0.1, 0.15) is 68.8 Å². The monoisotopic (exact) mass is 901 g/mol. The molecule has 4 bridgehead atoms. The van der Waals surface area contributed by atoms with Crippen molar-refractivity contribution in [3.05, 3.63) is 88.4 Å². The highest BCUT2D eigenvalue weighted by Crippen LogP contribution is 2.65. The van der Waals surface area contributed by atoms with Gasteiger partial charge in [0, 0.05) is 47.5 Å². The third-order valence-corrected chi connectivity index (χ3v) is 14.7. The number of phenolic OH excluding ortho intramolecular Hbond substituents is 1. The Morgan fingerprint density at radius 1 is 0.938 bits per heavy atom. The largest absolute Gasteiger partial charge is 0.518 e. The van der Waals surface area contributed by atoms with Gasteiger partial charge in [-0.05, 0) is 68.1 Å². The predicted molar refractivity (Wildman–Crippen MR) is 226 cm³/mol. The highest BCUT2D eigenvalue weighted by atomic mass is 32.2. The maximum atomic E-state index is 15.4. The number of likely N-dealkylation sites (N-methyl/N-ethyl adjacent to an activating group) is 1. The van der Waals surface area contributed by atoms with E-state index < -0.39 is 72.0 Å². The van der Waals surface area contributed by atoms with Gasteiger partial charge < -0.3 is 52.8 Å². The third-order valence-electron chi connectivity index (χ3n) is 13.2. The Labute approximate surface area is 372 Å². The number of fused-ring (bicyclic) bond motifs is 9. The fraction of sp³-hybridized carbons (Fsp3) is 0.422. The first-order valence-electron chi connectivity index (χ1n) is 20.5. The van der Waals surface area contributed by atoms with Gasteiger partial charge in [0.1, 0.15) is 18.6 Å². The molecule has 1 spiro atoms. The Balaban J connectivity index is 1.32. The molecule has 2 saturated heterocycles. The van der Waals surface area contributed by atoms with Gasteiger partial charge >= 0.3 is 24.2 Å². The molecule has 64 heavy (non-hydrogen) atoms. The summed E-state index contributed by atoms with van der Waals surface area (Å²) in [6.45, 7) is 11.3. The van der Waals surface area contributed by atoms with E-state index in [0.717, 1.165) is 23.7 Å². The van der Waals surface area contributed by atoms with Crippen LogP contribution in [-0.4, -0.2) is 114 Å². The first-order chi connectivity index (χ1) is 30.7. The zero-order valence-electron chi connectivity index (χ0n) is 36.0. The topological polar surface area (TPSA) is 202 Å². The lowest BCUT2D eigenvalue weighted by atomic mass is 9.73. The highest BCUT2D eigenvalue weighted by molar-refractivity contribution is 7.99. The van der Waals surface area contributed by atoms with Crippen molar-refractivity contribution in [2.75, 3.05) is 47.0 Å². The van der Waals surface area contributed by atoms with Crippen LogP contribution in [0.15, 0.2) is 43.9 Å². The summed E-state index contributed by atoms with van der Waals surface area (Å²) in [7, 11) is 4.74. The van der Waals surface area contributed by atoms with Crippen LogP contribution >= 0.6 is 11.8 Å².